The molecule has 0 unspecified atom stereocenters. The van der Waals surface area contributed by atoms with E-state index in [1.54, 1.807) is 25.9 Å². The molecule has 0 saturated carbocycles. The molecule has 0 fully saturated rings. The second-order valence-electron chi connectivity index (χ2n) is 5.82. The highest BCUT2D eigenvalue weighted by molar-refractivity contribution is 7.99. The zero-order chi connectivity index (χ0) is 18.8. The molecule has 7 heteroatoms. The number of carbonyl (C=O) groups is 2. The fraction of sp³-hybridized carbons (Fsp3) is 0.882. The quantitative estimate of drug-likeness (QED) is 0.299. The van der Waals surface area contributed by atoms with E-state index in [1.165, 1.54) is 0 Å². The van der Waals surface area contributed by atoms with Gasteiger partial charge in [0.25, 0.3) is 0 Å². The largest absolute Gasteiger partial charge is 0.633 e. The fourth-order valence-corrected chi connectivity index (χ4v) is 2.79. The molecule has 2 N–H and O–H groups in total. The van der Waals surface area contributed by atoms with Crippen molar-refractivity contribution in [2.75, 3.05) is 45.2 Å². The number of hydrogen-bond donors (Lipinski definition) is 2. The molecule has 0 saturated heterocycles. The Morgan fingerprint density at radius 1 is 0.958 bits per heavy atom. The summed E-state index contributed by atoms with van der Waals surface area (Å²) in [4.78, 5) is 22.8. The van der Waals surface area contributed by atoms with Crippen LogP contribution in [0.1, 0.15) is 52.9 Å². The molecule has 0 aromatic heterocycles. The monoisotopic (exact) mass is 363 g/mol. The van der Waals surface area contributed by atoms with Gasteiger partial charge >= 0.3 is 0 Å². The first-order valence-electron chi connectivity index (χ1n) is 9.00. The van der Waals surface area contributed by atoms with Crippen LogP contribution in [0, 0.1) is 5.21 Å². The molecule has 0 bridgehead atoms. The van der Waals surface area contributed by atoms with Crippen molar-refractivity contribution in [3.63, 3.8) is 0 Å². The van der Waals surface area contributed by atoms with Gasteiger partial charge in [-0.05, 0) is 25.0 Å². The Morgan fingerprint density at radius 2 is 1.50 bits per heavy atom. The van der Waals surface area contributed by atoms with Gasteiger partial charge in [-0.15, -0.1) is 0 Å². The number of amides is 2. The molecule has 0 atom stereocenters. The Labute approximate surface area is 152 Å². The zero-order valence-corrected chi connectivity index (χ0v) is 17.0. The Hall–Kier alpha value is -0.790. The lowest BCUT2D eigenvalue weighted by atomic mass is 10.3. The summed E-state index contributed by atoms with van der Waals surface area (Å²) in [6.45, 7) is 7.78. The van der Waals surface area contributed by atoms with Crippen LogP contribution in [0.25, 0.3) is 0 Å². The molecule has 0 heterocycles. The highest BCUT2D eigenvalue weighted by Gasteiger charge is 2.03. The SMILES string of the molecule is CC.CCCC(=O)NCCCNC(=O)CCCSCC[N+](C)(C)[O-]. The van der Waals surface area contributed by atoms with Crippen molar-refractivity contribution in [2.24, 2.45) is 0 Å². The van der Waals surface area contributed by atoms with Gasteiger partial charge in [0.1, 0.15) is 0 Å². The average Bonchev–Trinajstić information content (AvgIpc) is 2.51. The number of hydroxylamine groups is 3. The van der Waals surface area contributed by atoms with Gasteiger partial charge in [-0.1, -0.05) is 20.8 Å². The van der Waals surface area contributed by atoms with E-state index >= 15 is 0 Å². The van der Waals surface area contributed by atoms with Crippen molar-refractivity contribution in [1.29, 1.82) is 0 Å². The van der Waals surface area contributed by atoms with Gasteiger partial charge in [-0.2, -0.15) is 11.8 Å². The van der Waals surface area contributed by atoms with Gasteiger partial charge in [0.15, 0.2) is 0 Å². The maximum atomic E-state index is 11.6. The summed E-state index contributed by atoms with van der Waals surface area (Å²) >= 11 is 1.72. The van der Waals surface area contributed by atoms with E-state index in [1.807, 2.05) is 20.8 Å². The summed E-state index contributed by atoms with van der Waals surface area (Å²) in [5.74, 6) is 1.86. The van der Waals surface area contributed by atoms with Gasteiger partial charge < -0.3 is 20.5 Å². The molecule has 0 aromatic carbocycles. The van der Waals surface area contributed by atoms with E-state index in [9.17, 15) is 14.8 Å². The molecule has 0 radical (unpaired) electrons. The topological polar surface area (TPSA) is 81.3 Å². The molecule has 0 aromatic rings. The fourth-order valence-electron chi connectivity index (χ4n) is 1.67. The van der Waals surface area contributed by atoms with Crippen molar-refractivity contribution >= 4 is 23.6 Å². The number of nitrogens with zero attached hydrogens (tertiary/aromatic N) is 1. The minimum atomic E-state index is -0.262. The number of hydrogen-bond acceptors (Lipinski definition) is 4. The van der Waals surface area contributed by atoms with Crippen molar-refractivity contribution in [3.8, 4) is 0 Å². The molecular weight excluding hydrogens is 326 g/mol. The third kappa shape index (κ3) is 21.2. The second kappa shape index (κ2) is 17.0. The van der Waals surface area contributed by atoms with E-state index in [2.05, 4.69) is 10.6 Å². The molecular formula is C17H37N3O3S. The average molecular weight is 364 g/mol. The first-order chi connectivity index (χ1) is 11.3. The van der Waals surface area contributed by atoms with Crippen LogP contribution in [0.3, 0.4) is 0 Å². The Morgan fingerprint density at radius 3 is 2.00 bits per heavy atom. The number of quaternary nitrogens is 1. The van der Waals surface area contributed by atoms with Gasteiger partial charge in [-0.25, -0.2) is 0 Å². The summed E-state index contributed by atoms with van der Waals surface area (Å²) in [5.41, 5.74) is 0. The van der Waals surface area contributed by atoms with Gasteiger partial charge in [0.2, 0.25) is 11.8 Å². The molecule has 144 valence electrons. The summed E-state index contributed by atoms with van der Waals surface area (Å²) in [6, 6.07) is 0. The minimum Gasteiger partial charge on any atom is -0.633 e. The van der Waals surface area contributed by atoms with E-state index in [4.69, 9.17) is 0 Å². The van der Waals surface area contributed by atoms with Crippen molar-refractivity contribution in [1.82, 2.24) is 10.6 Å². The van der Waals surface area contributed by atoms with Crippen LogP contribution in [-0.4, -0.2) is 61.7 Å². The van der Waals surface area contributed by atoms with Crippen LogP contribution in [0.15, 0.2) is 0 Å². The highest BCUT2D eigenvalue weighted by Crippen LogP contribution is 2.06. The van der Waals surface area contributed by atoms with Crippen molar-refractivity contribution in [2.45, 2.75) is 52.9 Å². The molecule has 0 aliphatic heterocycles. The van der Waals surface area contributed by atoms with Gasteiger partial charge in [-0.3, -0.25) is 9.59 Å². The van der Waals surface area contributed by atoms with Crippen LogP contribution in [0.4, 0.5) is 0 Å². The molecule has 0 spiro atoms. The Kier molecular flexibility index (Phi) is 18.1. The molecule has 0 aliphatic rings. The number of rotatable bonds is 13. The first-order valence-corrected chi connectivity index (χ1v) is 10.2. The standard InChI is InChI=1S/C15H31N3O3S.C2H6/c1-4-7-14(19)16-9-6-10-17-15(20)8-5-12-22-13-11-18(2,3)21;1-2/h4-13H2,1-3H3,(H,16,19)(H,17,20);1-2H3. The van der Waals surface area contributed by atoms with Crippen LogP contribution in [0.2, 0.25) is 0 Å². The summed E-state index contributed by atoms with van der Waals surface area (Å²) in [6.07, 6.45) is 3.52. The van der Waals surface area contributed by atoms with E-state index < -0.39 is 0 Å². The summed E-state index contributed by atoms with van der Waals surface area (Å²) < 4.78 is -0.262. The minimum absolute atomic E-state index is 0.0559. The van der Waals surface area contributed by atoms with Gasteiger partial charge in [0.05, 0.1) is 20.6 Å². The van der Waals surface area contributed by atoms with Crippen LogP contribution < -0.4 is 10.6 Å². The third-order valence-corrected chi connectivity index (χ3v) is 3.99. The summed E-state index contributed by atoms with van der Waals surface area (Å²) in [5, 5.41) is 17.0. The molecule has 6 nitrogen and oxygen atoms in total. The Bertz CT molecular complexity index is 321. The van der Waals surface area contributed by atoms with E-state index in [0.717, 1.165) is 30.8 Å². The normalized spacial score (nSPS) is 10.6. The maximum absolute atomic E-state index is 11.6. The van der Waals surface area contributed by atoms with Crippen LogP contribution >= 0.6 is 11.8 Å². The van der Waals surface area contributed by atoms with Crippen LogP contribution in [-0.2, 0) is 9.59 Å². The first kappa shape index (κ1) is 25.5. The van der Waals surface area contributed by atoms with E-state index in [0.29, 0.717) is 32.5 Å². The van der Waals surface area contributed by atoms with Crippen molar-refractivity contribution in [3.05, 3.63) is 5.21 Å². The smallest absolute Gasteiger partial charge is 0.220 e. The molecule has 2 amide bonds. The lowest BCUT2D eigenvalue weighted by molar-refractivity contribution is -0.837. The highest BCUT2D eigenvalue weighted by atomic mass is 32.2. The molecule has 0 aliphatic carbocycles. The predicted octanol–water partition coefficient (Wildman–Crippen LogP) is 2.52. The third-order valence-electron chi connectivity index (χ3n) is 2.94. The maximum Gasteiger partial charge on any atom is 0.220 e. The Balaban J connectivity index is 0. The number of nitrogens with one attached hydrogen (secondary N) is 2. The van der Waals surface area contributed by atoms with E-state index in [-0.39, 0.29) is 16.5 Å². The lowest BCUT2D eigenvalue weighted by Crippen LogP contribution is -2.34. The molecule has 24 heavy (non-hydrogen) atoms. The lowest BCUT2D eigenvalue weighted by Gasteiger charge is -2.33. The number of thioether (sulfide) groups is 1. The van der Waals surface area contributed by atoms with Crippen molar-refractivity contribution < 1.29 is 14.2 Å². The molecule has 0 rings (SSSR count). The second-order valence-corrected chi connectivity index (χ2v) is 7.04. The number of carbonyl (C=O) groups excluding carboxylic acids is 2. The predicted molar refractivity (Wildman–Crippen MR) is 104 cm³/mol. The summed E-state index contributed by atoms with van der Waals surface area (Å²) in [7, 11) is 3.28. The van der Waals surface area contributed by atoms with Gasteiger partial charge in [0, 0.05) is 31.7 Å². The zero-order valence-electron chi connectivity index (χ0n) is 16.2. The van der Waals surface area contributed by atoms with Crippen LogP contribution in [0.5, 0.6) is 0 Å².